The fourth-order valence-corrected chi connectivity index (χ4v) is 2.21. The topological polar surface area (TPSA) is 6.48 Å². The Morgan fingerprint density at radius 3 is 2.50 bits per heavy atom. The molecule has 0 saturated heterocycles. The average molecular weight is 273 g/mol. The Kier molecular flexibility index (Phi) is 6.44. The quantitative estimate of drug-likeness (QED) is 0.703. The molecule has 0 aromatic heterocycles. The number of benzene rings is 1. The van der Waals surface area contributed by atoms with Crippen LogP contribution in [0.15, 0.2) is 18.2 Å². The minimum absolute atomic E-state index is 0.223. The van der Waals surface area contributed by atoms with Crippen molar-refractivity contribution in [3.63, 3.8) is 0 Å². The highest BCUT2D eigenvalue weighted by Crippen LogP contribution is 2.23. The van der Waals surface area contributed by atoms with Crippen LogP contribution in [0.25, 0.3) is 0 Å². The van der Waals surface area contributed by atoms with Crippen molar-refractivity contribution < 1.29 is 4.39 Å². The number of hydrogen-bond donors (Lipinski definition) is 0. The van der Waals surface area contributed by atoms with Crippen molar-refractivity contribution in [3.8, 4) is 0 Å². The Balaban J connectivity index is 2.75. The van der Waals surface area contributed by atoms with Crippen molar-refractivity contribution in [2.75, 3.05) is 38.6 Å². The Hall–Kier alpha value is -0.800. The lowest BCUT2D eigenvalue weighted by molar-refractivity contribution is 0.400. The zero-order chi connectivity index (χ0) is 13.5. The highest BCUT2D eigenvalue weighted by molar-refractivity contribution is 6.17. The van der Waals surface area contributed by atoms with Crippen molar-refractivity contribution in [1.29, 1.82) is 0 Å². The van der Waals surface area contributed by atoms with E-state index in [0.717, 1.165) is 37.3 Å². The molecular weight excluding hydrogens is 251 g/mol. The molecule has 0 aliphatic heterocycles. The van der Waals surface area contributed by atoms with Crippen LogP contribution in [0.2, 0.25) is 0 Å². The van der Waals surface area contributed by atoms with Gasteiger partial charge in [0.2, 0.25) is 0 Å². The summed E-state index contributed by atoms with van der Waals surface area (Å²) < 4.78 is 13.2. The molecule has 1 aromatic rings. The van der Waals surface area contributed by atoms with Gasteiger partial charge in [-0.3, -0.25) is 0 Å². The maximum absolute atomic E-state index is 13.2. The van der Waals surface area contributed by atoms with Crippen LogP contribution >= 0.6 is 11.6 Å². The number of alkyl halides is 1. The van der Waals surface area contributed by atoms with Crippen LogP contribution in [0.5, 0.6) is 0 Å². The molecule has 1 rings (SSSR count). The van der Waals surface area contributed by atoms with Crippen LogP contribution in [-0.4, -0.2) is 38.6 Å². The number of hydrogen-bond acceptors (Lipinski definition) is 2. The maximum atomic E-state index is 13.2. The van der Waals surface area contributed by atoms with E-state index in [4.69, 9.17) is 11.6 Å². The third-order valence-corrected chi connectivity index (χ3v) is 3.23. The monoisotopic (exact) mass is 272 g/mol. The third-order valence-electron chi connectivity index (χ3n) is 2.94. The zero-order valence-corrected chi connectivity index (χ0v) is 12.2. The second-order valence-corrected chi connectivity index (χ2v) is 4.91. The van der Waals surface area contributed by atoms with Crippen LogP contribution in [-0.2, 0) is 5.88 Å². The van der Waals surface area contributed by atoms with Gasteiger partial charge < -0.3 is 9.80 Å². The van der Waals surface area contributed by atoms with Crippen LogP contribution in [0, 0.1) is 5.82 Å². The molecule has 0 amide bonds. The summed E-state index contributed by atoms with van der Waals surface area (Å²) >= 11 is 5.89. The van der Waals surface area contributed by atoms with Gasteiger partial charge in [0.15, 0.2) is 0 Å². The molecule has 2 nitrogen and oxygen atoms in total. The second-order valence-electron chi connectivity index (χ2n) is 4.64. The molecule has 4 heteroatoms. The Labute approximate surface area is 114 Å². The first-order chi connectivity index (χ1) is 8.58. The molecule has 0 bridgehead atoms. The molecule has 0 spiro atoms. The fourth-order valence-electron chi connectivity index (χ4n) is 2.00. The van der Waals surface area contributed by atoms with Crippen LogP contribution in [0.1, 0.15) is 18.9 Å². The molecule has 0 radical (unpaired) electrons. The SMILES string of the molecule is CCN(CCCN(C)C)c1ccc(F)cc1CCl. The summed E-state index contributed by atoms with van der Waals surface area (Å²) in [6, 6.07) is 4.85. The summed E-state index contributed by atoms with van der Waals surface area (Å²) in [5.74, 6) is 0.121. The molecule has 0 N–H and O–H groups in total. The van der Waals surface area contributed by atoms with Gasteiger partial charge in [0.05, 0.1) is 0 Å². The van der Waals surface area contributed by atoms with Gasteiger partial charge in [0, 0.05) is 24.7 Å². The third kappa shape index (κ3) is 4.46. The minimum Gasteiger partial charge on any atom is -0.372 e. The molecule has 0 aliphatic rings. The summed E-state index contributed by atoms with van der Waals surface area (Å²) in [7, 11) is 4.14. The molecule has 0 heterocycles. The summed E-state index contributed by atoms with van der Waals surface area (Å²) in [6.07, 6.45) is 1.08. The van der Waals surface area contributed by atoms with Crippen molar-refractivity contribution >= 4 is 17.3 Å². The van der Waals surface area contributed by atoms with Gasteiger partial charge in [-0.25, -0.2) is 4.39 Å². The van der Waals surface area contributed by atoms with Gasteiger partial charge in [-0.2, -0.15) is 0 Å². The van der Waals surface area contributed by atoms with Gasteiger partial charge in [0.25, 0.3) is 0 Å². The van der Waals surface area contributed by atoms with E-state index in [1.807, 2.05) is 6.07 Å². The first-order valence-electron chi connectivity index (χ1n) is 6.32. The predicted octanol–water partition coefficient (Wildman–Crippen LogP) is 3.34. The standard InChI is InChI=1S/C14H22ClFN2/c1-4-18(9-5-8-17(2)3)14-7-6-13(16)10-12(14)11-15/h6-7,10H,4-5,8-9,11H2,1-3H3. The van der Waals surface area contributed by atoms with Gasteiger partial charge >= 0.3 is 0 Å². The van der Waals surface area contributed by atoms with E-state index in [1.165, 1.54) is 12.1 Å². The summed E-state index contributed by atoms with van der Waals surface area (Å²) in [6.45, 7) is 5.03. The molecule has 102 valence electrons. The summed E-state index contributed by atoms with van der Waals surface area (Å²) in [4.78, 5) is 4.42. The van der Waals surface area contributed by atoms with E-state index in [1.54, 1.807) is 0 Å². The smallest absolute Gasteiger partial charge is 0.123 e. The molecule has 0 unspecified atom stereocenters. The number of halogens is 2. The zero-order valence-electron chi connectivity index (χ0n) is 11.4. The van der Waals surface area contributed by atoms with Crippen molar-refractivity contribution in [3.05, 3.63) is 29.6 Å². The lowest BCUT2D eigenvalue weighted by Crippen LogP contribution is -2.27. The largest absolute Gasteiger partial charge is 0.372 e. The summed E-state index contributed by atoms with van der Waals surface area (Å²) in [5, 5.41) is 0. The van der Waals surface area contributed by atoms with Crippen LogP contribution < -0.4 is 4.90 Å². The van der Waals surface area contributed by atoms with Crippen molar-refractivity contribution in [1.82, 2.24) is 4.90 Å². The lowest BCUT2D eigenvalue weighted by Gasteiger charge is -2.26. The second kappa shape index (κ2) is 7.59. The number of rotatable bonds is 7. The van der Waals surface area contributed by atoms with Crippen LogP contribution in [0.3, 0.4) is 0 Å². The molecule has 18 heavy (non-hydrogen) atoms. The minimum atomic E-state index is -0.223. The van der Waals surface area contributed by atoms with E-state index in [0.29, 0.717) is 5.88 Å². The van der Waals surface area contributed by atoms with Gasteiger partial charge in [-0.15, -0.1) is 11.6 Å². The van der Waals surface area contributed by atoms with E-state index in [-0.39, 0.29) is 5.82 Å². The van der Waals surface area contributed by atoms with Gasteiger partial charge in [-0.1, -0.05) is 0 Å². The van der Waals surface area contributed by atoms with Crippen LogP contribution in [0.4, 0.5) is 10.1 Å². The van der Waals surface area contributed by atoms with E-state index < -0.39 is 0 Å². The van der Waals surface area contributed by atoms with E-state index in [9.17, 15) is 4.39 Å². The highest BCUT2D eigenvalue weighted by Gasteiger charge is 2.10. The first kappa shape index (κ1) is 15.3. The predicted molar refractivity (Wildman–Crippen MR) is 77.0 cm³/mol. The summed E-state index contributed by atoms with van der Waals surface area (Å²) in [5.41, 5.74) is 1.91. The fraction of sp³-hybridized carbons (Fsp3) is 0.571. The first-order valence-corrected chi connectivity index (χ1v) is 6.86. The van der Waals surface area contributed by atoms with E-state index >= 15 is 0 Å². The molecule has 0 fully saturated rings. The normalized spacial score (nSPS) is 11.0. The Morgan fingerprint density at radius 2 is 1.94 bits per heavy atom. The average Bonchev–Trinajstić information content (AvgIpc) is 2.34. The molecular formula is C14H22ClFN2. The lowest BCUT2D eigenvalue weighted by atomic mass is 10.1. The number of anilines is 1. The van der Waals surface area contributed by atoms with Gasteiger partial charge in [-0.05, 0) is 57.7 Å². The Bertz CT molecular complexity index is 369. The molecule has 0 atom stereocenters. The highest BCUT2D eigenvalue weighted by atomic mass is 35.5. The van der Waals surface area contributed by atoms with Crippen molar-refractivity contribution in [2.45, 2.75) is 19.2 Å². The molecule has 0 aliphatic carbocycles. The molecule has 0 saturated carbocycles. The van der Waals surface area contributed by atoms with Gasteiger partial charge in [0.1, 0.15) is 5.82 Å². The molecule has 1 aromatic carbocycles. The number of nitrogens with zero attached hydrogens (tertiary/aromatic N) is 2. The van der Waals surface area contributed by atoms with E-state index in [2.05, 4.69) is 30.8 Å². The maximum Gasteiger partial charge on any atom is 0.123 e. The van der Waals surface area contributed by atoms with Crippen molar-refractivity contribution in [2.24, 2.45) is 0 Å². The Morgan fingerprint density at radius 1 is 1.22 bits per heavy atom.